The maximum atomic E-state index is 12.1. The fraction of sp³-hybridized carbons (Fsp3) is 0.471. The predicted octanol–water partition coefficient (Wildman–Crippen LogP) is 3.12. The van der Waals surface area contributed by atoms with Gasteiger partial charge in [-0.2, -0.15) is 0 Å². The van der Waals surface area contributed by atoms with Crippen LogP contribution in [0.1, 0.15) is 20.8 Å². The molecule has 2 N–H and O–H groups in total. The van der Waals surface area contributed by atoms with Crippen LogP contribution in [0.5, 0.6) is 0 Å². The van der Waals surface area contributed by atoms with E-state index in [-0.39, 0.29) is 6.03 Å². The molecule has 1 aromatic carbocycles. The number of urea groups is 1. The van der Waals surface area contributed by atoms with E-state index >= 15 is 0 Å². The summed E-state index contributed by atoms with van der Waals surface area (Å²) in [6.07, 6.45) is 1.99. The number of carbonyl (C=O) groups is 1. The van der Waals surface area contributed by atoms with Crippen LogP contribution in [0.2, 0.25) is 0 Å². The molecule has 0 radical (unpaired) electrons. The molecule has 0 aliphatic carbocycles. The van der Waals surface area contributed by atoms with E-state index in [0.717, 1.165) is 42.8 Å². The van der Waals surface area contributed by atoms with Crippen LogP contribution in [0.3, 0.4) is 0 Å². The summed E-state index contributed by atoms with van der Waals surface area (Å²) in [5.74, 6) is 0. The SMILES string of the molecule is CCN(CC)CCNC(=O)Nc1cn(CC)c2ccccc12. The number of hydrogen-bond acceptors (Lipinski definition) is 2. The van der Waals surface area contributed by atoms with E-state index in [9.17, 15) is 4.79 Å². The quantitative estimate of drug-likeness (QED) is 0.825. The van der Waals surface area contributed by atoms with Gasteiger partial charge >= 0.3 is 6.03 Å². The summed E-state index contributed by atoms with van der Waals surface area (Å²) in [5, 5.41) is 6.95. The Kier molecular flexibility index (Phi) is 5.83. The third-order valence-corrected chi connectivity index (χ3v) is 3.99. The molecule has 5 nitrogen and oxygen atoms in total. The van der Waals surface area contributed by atoms with Gasteiger partial charge in [-0.05, 0) is 26.1 Å². The van der Waals surface area contributed by atoms with E-state index in [2.05, 4.69) is 46.9 Å². The number of likely N-dealkylation sites (N-methyl/N-ethyl adjacent to an activating group) is 1. The second-order valence-corrected chi connectivity index (χ2v) is 5.25. The number of fused-ring (bicyclic) bond motifs is 1. The first kappa shape index (κ1) is 16.4. The Morgan fingerprint density at radius 3 is 2.59 bits per heavy atom. The van der Waals surface area contributed by atoms with Crippen molar-refractivity contribution < 1.29 is 4.79 Å². The van der Waals surface area contributed by atoms with Gasteiger partial charge in [0.05, 0.1) is 11.2 Å². The van der Waals surface area contributed by atoms with Gasteiger partial charge < -0.3 is 20.1 Å². The number of benzene rings is 1. The number of nitrogens with zero attached hydrogens (tertiary/aromatic N) is 2. The molecule has 5 heteroatoms. The van der Waals surface area contributed by atoms with Crippen molar-refractivity contribution in [3.05, 3.63) is 30.5 Å². The molecule has 22 heavy (non-hydrogen) atoms. The largest absolute Gasteiger partial charge is 0.346 e. The Hall–Kier alpha value is -2.01. The number of para-hydroxylation sites is 1. The lowest BCUT2D eigenvalue weighted by Crippen LogP contribution is -2.36. The lowest BCUT2D eigenvalue weighted by Gasteiger charge is -2.18. The van der Waals surface area contributed by atoms with Crippen molar-refractivity contribution in [3.8, 4) is 0 Å². The molecule has 0 aliphatic heterocycles. The highest BCUT2D eigenvalue weighted by atomic mass is 16.2. The maximum Gasteiger partial charge on any atom is 0.319 e. The van der Waals surface area contributed by atoms with E-state index < -0.39 is 0 Å². The molecule has 2 rings (SSSR count). The minimum Gasteiger partial charge on any atom is -0.346 e. The van der Waals surface area contributed by atoms with Gasteiger partial charge in [0.1, 0.15) is 0 Å². The number of anilines is 1. The second-order valence-electron chi connectivity index (χ2n) is 5.25. The fourth-order valence-electron chi connectivity index (χ4n) is 2.64. The average Bonchev–Trinajstić information content (AvgIpc) is 2.90. The predicted molar refractivity (Wildman–Crippen MR) is 92.4 cm³/mol. The summed E-state index contributed by atoms with van der Waals surface area (Å²) >= 11 is 0. The Balaban J connectivity index is 1.97. The smallest absolute Gasteiger partial charge is 0.319 e. The molecule has 0 aliphatic rings. The summed E-state index contributed by atoms with van der Waals surface area (Å²) in [6, 6.07) is 7.97. The number of rotatable bonds is 7. The number of amides is 2. The summed E-state index contributed by atoms with van der Waals surface area (Å²) in [6.45, 7) is 10.8. The van der Waals surface area contributed by atoms with Gasteiger partial charge in [0.15, 0.2) is 0 Å². The van der Waals surface area contributed by atoms with Gasteiger partial charge in [0.25, 0.3) is 0 Å². The van der Waals surface area contributed by atoms with Crippen molar-refractivity contribution >= 4 is 22.6 Å². The molecular formula is C17H26N4O. The van der Waals surface area contributed by atoms with Crippen LogP contribution in [0.15, 0.2) is 30.5 Å². The Morgan fingerprint density at radius 2 is 1.91 bits per heavy atom. The summed E-state index contributed by atoms with van der Waals surface area (Å²) in [7, 11) is 0. The minimum atomic E-state index is -0.147. The highest BCUT2D eigenvalue weighted by Gasteiger charge is 2.10. The molecule has 1 heterocycles. The molecule has 0 bridgehead atoms. The van der Waals surface area contributed by atoms with Crippen LogP contribution in [0.4, 0.5) is 10.5 Å². The van der Waals surface area contributed by atoms with Crippen molar-refractivity contribution in [1.29, 1.82) is 0 Å². The average molecular weight is 302 g/mol. The lowest BCUT2D eigenvalue weighted by atomic mass is 10.2. The van der Waals surface area contributed by atoms with E-state index in [1.807, 2.05) is 24.4 Å². The summed E-state index contributed by atoms with van der Waals surface area (Å²) in [5.41, 5.74) is 2.00. The zero-order chi connectivity index (χ0) is 15.9. The normalized spacial score (nSPS) is 11.1. The topological polar surface area (TPSA) is 49.3 Å². The molecule has 0 fully saturated rings. The number of nitrogens with one attached hydrogen (secondary N) is 2. The number of aryl methyl sites for hydroxylation is 1. The number of aromatic nitrogens is 1. The Labute approximate surface area is 132 Å². The Morgan fingerprint density at radius 1 is 1.18 bits per heavy atom. The van der Waals surface area contributed by atoms with E-state index in [1.54, 1.807) is 0 Å². The van der Waals surface area contributed by atoms with Gasteiger partial charge in [0.2, 0.25) is 0 Å². The molecule has 2 amide bonds. The molecule has 0 saturated carbocycles. The highest BCUT2D eigenvalue weighted by Crippen LogP contribution is 2.25. The molecular weight excluding hydrogens is 276 g/mol. The third-order valence-electron chi connectivity index (χ3n) is 3.99. The molecule has 0 spiro atoms. The van der Waals surface area contributed by atoms with Gasteiger partial charge in [-0.1, -0.05) is 32.0 Å². The third kappa shape index (κ3) is 3.80. The monoisotopic (exact) mass is 302 g/mol. The van der Waals surface area contributed by atoms with Crippen LogP contribution in [0, 0.1) is 0 Å². The van der Waals surface area contributed by atoms with E-state index in [4.69, 9.17) is 0 Å². The van der Waals surface area contributed by atoms with Crippen LogP contribution >= 0.6 is 0 Å². The molecule has 0 saturated heterocycles. The minimum absolute atomic E-state index is 0.147. The van der Waals surface area contributed by atoms with E-state index in [0.29, 0.717) is 6.54 Å². The van der Waals surface area contributed by atoms with Crippen molar-refractivity contribution in [1.82, 2.24) is 14.8 Å². The molecule has 120 valence electrons. The first-order valence-electron chi connectivity index (χ1n) is 8.04. The van der Waals surface area contributed by atoms with Crippen molar-refractivity contribution in [2.75, 3.05) is 31.5 Å². The highest BCUT2D eigenvalue weighted by molar-refractivity contribution is 6.01. The fourth-order valence-corrected chi connectivity index (χ4v) is 2.64. The second kappa shape index (κ2) is 7.84. The molecule has 1 aromatic heterocycles. The van der Waals surface area contributed by atoms with Gasteiger partial charge in [-0.25, -0.2) is 4.79 Å². The first-order chi connectivity index (χ1) is 10.7. The first-order valence-corrected chi connectivity index (χ1v) is 8.04. The molecule has 2 aromatic rings. The summed E-state index contributed by atoms with van der Waals surface area (Å²) < 4.78 is 2.14. The number of carbonyl (C=O) groups excluding carboxylic acids is 1. The molecule has 0 atom stereocenters. The van der Waals surface area contributed by atoms with Gasteiger partial charge in [-0.3, -0.25) is 0 Å². The van der Waals surface area contributed by atoms with Crippen LogP contribution in [0.25, 0.3) is 10.9 Å². The van der Waals surface area contributed by atoms with Crippen LogP contribution in [-0.4, -0.2) is 41.7 Å². The maximum absolute atomic E-state index is 12.1. The van der Waals surface area contributed by atoms with Crippen LogP contribution < -0.4 is 10.6 Å². The standard InChI is InChI=1S/C17H26N4O/c1-4-20(5-2)12-11-18-17(22)19-15-13-21(6-3)16-10-8-7-9-14(15)16/h7-10,13H,4-6,11-12H2,1-3H3,(H2,18,19,22). The zero-order valence-electron chi connectivity index (χ0n) is 13.7. The van der Waals surface area contributed by atoms with Crippen LogP contribution in [-0.2, 0) is 6.54 Å². The molecule has 0 unspecified atom stereocenters. The zero-order valence-corrected chi connectivity index (χ0v) is 13.7. The van der Waals surface area contributed by atoms with Gasteiger partial charge in [-0.15, -0.1) is 0 Å². The van der Waals surface area contributed by atoms with Crippen molar-refractivity contribution in [3.63, 3.8) is 0 Å². The Bertz CT molecular complexity index is 616. The lowest BCUT2D eigenvalue weighted by molar-refractivity contribution is 0.248. The summed E-state index contributed by atoms with van der Waals surface area (Å²) in [4.78, 5) is 14.3. The van der Waals surface area contributed by atoms with Crippen molar-refractivity contribution in [2.45, 2.75) is 27.3 Å². The van der Waals surface area contributed by atoms with E-state index in [1.165, 1.54) is 0 Å². The number of hydrogen-bond donors (Lipinski definition) is 2. The van der Waals surface area contributed by atoms with Gasteiger partial charge in [0, 0.05) is 31.2 Å². The van der Waals surface area contributed by atoms with Crippen molar-refractivity contribution in [2.24, 2.45) is 0 Å².